The Hall–Kier alpha value is -0.800. The van der Waals surface area contributed by atoms with Crippen molar-refractivity contribution in [2.24, 2.45) is 0 Å². The van der Waals surface area contributed by atoms with Crippen LogP contribution in [0.1, 0.15) is 16.7 Å². The van der Waals surface area contributed by atoms with E-state index in [1.54, 1.807) is 0 Å². The van der Waals surface area contributed by atoms with Crippen LogP contribution in [0, 0.1) is 13.8 Å². The van der Waals surface area contributed by atoms with Crippen molar-refractivity contribution in [2.45, 2.75) is 26.3 Å². The van der Waals surface area contributed by atoms with E-state index in [1.165, 1.54) is 11.1 Å². The highest BCUT2D eigenvalue weighted by molar-refractivity contribution is 7.99. The van der Waals surface area contributed by atoms with Gasteiger partial charge in [-0.25, -0.2) is 0 Å². The Morgan fingerprint density at radius 2 is 2.06 bits per heavy atom. The number of carbonyl (C=O) groups is 1. The molecule has 2 nitrogen and oxygen atoms in total. The summed E-state index contributed by atoms with van der Waals surface area (Å²) in [5, 5.41) is 3.30. The molecule has 0 saturated carbocycles. The summed E-state index contributed by atoms with van der Waals surface area (Å²) in [6.45, 7) is 5.11. The first-order valence-corrected chi connectivity index (χ1v) is 7.21. The topological polar surface area (TPSA) is 29.1 Å². The molecule has 1 aliphatic rings. The number of ketones is 1. The monoisotopic (exact) mass is 249 g/mol. The van der Waals surface area contributed by atoms with Crippen LogP contribution in [0.3, 0.4) is 0 Å². The highest BCUT2D eigenvalue weighted by Gasteiger charge is 2.20. The zero-order chi connectivity index (χ0) is 12.3. The summed E-state index contributed by atoms with van der Waals surface area (Å²) >= 11 is 1.86. The minimum atomic E-state index is 0.0505. The van der Waals surface area contributed by atoms with Crippen molar-refractivity contribution < 1.29 is 4.79 Å². The SMILES string of the molecule is Cc1cc(C)cc(CC(=O)C2CSCCN2)c1. The predicted octanol–water partition coefficient (Wildman–Crippen LogP) is 2.12. The van der Waals surface area contributed by atoms with E-state index in [9.17, 15) is 4.79 Å². The molecule has 1 heterocycles. The lowest BCUT2D eigenvalue weighted by Crippen LogP contribution is -2.44. The zero-order valence-corrected chi connectivity index (χ0v) is 11.3. The van der Waals surface area contributed by atoms with Crippen molar-refractivity contribution in [3.63, 3.8) is 0 Å². The number of thioether (sulfide) groups is 1. The first kappa shape index (κ1) is 12.7. The number of carbonyl (C=O) groups excluding carboxylic acids is 1. The Kier molecular flexibility index (Phi) is 4.24. The molecule has 1 aliphatic heterocycles. The van der Waals surface area contributed by atoms with Crippen LogP contribution >= 0.6 is 11.8 Å². The Morgan fingerprint density at radius 1 is 1.35 bits per heavy atom. The van der Waals surface area contributed by atoms with Gasteiger partial charge in [0.05, 0.1) is 6.04 Å². The largest absolute Gasteiger partial charge is 0.306 e. The Labute approximate surface area is 107 Å². The smallest absolute Gasteiger partial charge is 0.154 e. The van der Waals surface area contributed by atoms with Gasteiger partial charge in [0.15, 0.2) is 5.78 Å². The summed E-state index contributed by atoms with van der Waals surface area (Å²) in [4.78, 5) is 12.1. The van der Waals surface area contributed by atoms with E-state index < -0.39 is 0 Å². The number of rotatable bonds is 3. The van der Waals surface area contributed by atoms with Crippen molar-refractivity contribution in [1.29, 1.82) is 0 Å². The molecule has 0 radical (unpaired) electrons. The normalized spacial score (nSPS) is 20.2. The molecule has 1 unspecified atom stereocenters. The van der Waals surface area contributed by atoms with Gasteiger partial charge < -0.3 is 5.32 Å². The highest BCUT2D eigenvalue weighted by atomic mass is 32.2. The van der Waals surface area contributed by atoms with Gasteiger partial charge in [-0.05, 0) is 19.4 Å². The van der Waals surface area contributed by atoms with E-state index in [4.69, 9.17) is 0 Å². The first-order chi connectivity index (χ1) is 8.15. The molecule has 0 aliphatic carbocycles. The molecule has 0 aromatic heterocycles. The highest BCUT2D eigenvalue weighted by Crippen LogP contribution is 2.13. The summed E-state index contributed by atoms with van der Waals surface area (Å²) in [6.07, 6.45) is 0.556. The van der Waals surface area contributed by atoms with Crippen LogP contribution in [-0.4, -0.2) is 29.9 Å². The van der Waals surface area contributed by atoms with Crippen LogP contribution in [0.2, 0.25) is 0 Å². The summed E-state index contributed by atoms with van der Waals surface area (Å²) in [7, 11) is 0. The van der Waals surface area contributed by atoms with Gasteiger partial charge in [-0.3, -0.25) is 4.79 Å². The van der Waals surface area contributed by atoms with Crippen molar-refractivity contribution in [1.82, 2.24) is 5.32 Å². The molecule has 0 amide bonds. The molecule has 92 valence electrons. The number of benzene rings is 1. The summed E-state index contributed by atoms with van der Waals surface area (Å²) in [6, 6.07) is 6.42. The van der Waals surface area contributed by atoms with Gasteiger partial charge in [-0.2, -0.15) is 11.8 Å². The molecule has 1 fully saturated rings. The average molecular weight is 249 g/mol. The molecule has 1 saturated heterocycles. The minimum absolute atomic E-state index is 0.0505. The molecule has 0 bridgehead atoms. The van der Waals surface area contributed by atoms with Crippen molar-refractivity contribution in [3.8, 4) is 0 Å². The Balaban J connectivity index is 2.01. The van der Waals surface area contributed by atoms with Crippen LogP contribution < -0.4 is 5.32 Å². The number of Topliss-reactive ketones (excluding diaryl/α,β-unsaturated/α-hetero) is 1. The number of aryl methyl sites for hydroxylation is 2. The van der Waals surface area contributed by atoms with E-state index in [1.807, 2.05) is 11.8 Å². The van der Waals surface area contributed by atoms with Gasteiger partial charge in [-0.1, -0.05) is 29.3 Å². The summed E-state index contributed by atoms with van der Waals surface area (Å²) < 4.78 is 0. The van der Waals surface area contributed by atoms with Crippen LogP contribution in [0.15, 0.2) is 18.2 Å². The van der Waals surface area contributed by atoms with Crippen LogP contribution in [-0.2, 0) is 11.2 Å². The molecule has 0 spiro atoms. The lowest BCUT2D eigenvalue weighted by atomic mass is 10.0. The maximum Gasteiger partial charge on any atom is 0.154 e. The Bertz CT molecular complexity index is 390. The van der Waals surface area contributed by atoms with Gasteiger partial charge in [-0.15, -0.1) is 0 Å². The van der Waals surface area contributed by atoms with Gasteiger partial charge >= 0.3 is 0 Å². The van der Waals surface area contributed by atoms with Gasteiger partial charge in [0.1, 0.15) is 0 Å². The van der Waals surface area contributed by atoms with Gasteiger partial charge in [0.2, 0.25) is 0 Å². The molecule has 1 aromatic carbocycles. The zero-order valence-electron chi connectivity index (χ0n) is 10.5. The third-order valence-electron chi connectivity index (χ3n) is 2.97. The number of hydrogen-bond acceptors (Lipinski definition) is 3. The third-order valence-corrected chi connectivity index (χ3v) is 4.03. The fourth-order valence-electron chi connectivity index (χ4n) is 2.27. The van der Waals surface area contributed by atoms with E-state index >= 15 is 0 Å². The van der Waals surface area contributed by atoms with Crippen molar-refractivity contribution in [2.75, 3.05) is 18.1 Å². The van der Waals surface area contributed by atoms with Crippen molar-refractivity contribution >= 4 is 17.5 Å². The lowest BCUT2D eigenvalue weighted by molar-refractivity contribution is -0.119. The van der Waals surface area contributed by atoms with Crippen LogP contribution in [0.5, 0.6) is 0 Å². The van der Waals surface area contributed by atoms with Crippen LogP contribution in [0.4, 0.5) is 0 Å². The first-order valence-electron chi connectivity index (χ1n) is 6.06. The quantitative estimate of drug-likeness (QED) is 0.889. The molecule has 1 N–H and O–H groups in total. The van der Waals surface area contributed by atoms with Gasteiger partial charge in [0.25, 0.3) is 0 Å². The number of nitrogens with one attached hydrogen (secondary N) is 1. The molecular weight excluding hydrogens is 230 g/mol. The maximum absolute atomic E-state index is 12.1. The van der Waals surface area contributed by atoms with Crippen LogP contribution in [0.25, 0.3) is 0 Å². The lowest BCUT2D eigenvalue weighted by Gasteiger charge is -2.22. The fourth-order valence-corrected chi connectivity index (χ4v) is 3.24. The Morgan fingerprint density at radius 3 is 2.65 bits per heavy atom. The third kappa shape index (κ3) is 3.58. The van der Waals surface area contributed by atoms with E-state index in [-0.39, 0.29) is 6.04 Å². The second kappa shape index (κ2) is 5.69. The molecule has 2 rings (SSSR count). The van der Waals surface area contributed by atoms with Gasteiger partial charge in [0, 0.05) is 24.5 Å². The van der Waals surface area contributed by atoms with E-state index in [2.05, 4.69) is 37.4 Å². The molecular formula is C14H19NOS. The molecule has 17 heavy (non-hydrogen) atoms. The predicted molar refractivity (Wildman–Crippen MR) is 73.7 cm³/mol. The standard InChI is InChI=1S/C14H19NOS/c1-10-5-11(2)7-12(6-10)8-14(16)13-9-17-4-3-15-13/h5-7,13,15H,3-4,8-9H2,1-2H3. The second-order valence-corrected chi connectivity index (χ2v) is 5.87. The number of hydrogen-bond donors (Lipinski definition) is 1. The summed E-state index contributed by atoms with van der Waals surface area (Å²) in [5.74, 6) is 2.36. The maximum atomic E-state index is 12.1. The van der Waals surface area contributed by atoms with E-state index in [0.29, 0.717) is 12.2 Å². The van der Waals surface area contributed by atoms with E-state index in [0.717, 1.165) is 23.6 Å². The van der Waals surface area contributed by atoms with Crippen molar-refractivity contribution in [3.05, 3.63) is 34.9 Å². The molecule has 1 atom stereocenters. The summed E-state index contributed by atoms with van der Waals surface area (Å²) in [5.41, 5.74) is 3.61. The minimum Gasteiger partial charge on any atom is -0.306 e. The molecule has 1 aromatic rings. The fraction of sp³-hybridized carbons (Fsp3) is 0.500. The second-order valence-electron chi connectivity index (χ2n) is 4.72. The molecule has 3 heteroatoms. The average Bonchev–Trinajstić information content (AvgIpc) is 2.28.